The van der Waals surface area contributed by atoms with Gasteiger partial charge in [-0.15, -0.1) is 0 Å². The zero-order valence-corrected chi connectivity index (χ0v) is 11.6. The zero-order valence-electron chi connectivity index (χ0n) is 11.6. The van der Waals surface area contributed by atoms with Gasteiger partial charge in [0.1, 0.15) is 5.82 Å². The minimum atomic E-state index is -4.29. The van der Waals surface area contributed by atoms with Crippen LogP contribution in [0.25, 0.3) is 0 Å². The number of aromatic nitrogens is 1. The summed E-state index contributed by atoms with van der Waals surface area (Å²) in [4.78, 5) is 5.67. The van der Waals surface area contributed by atoms with Crippen LogP contribution in [0.15, 0.2) is 12.3 Å². The molecule has 1 aliphatic rings. The number of hydrogen-bond acceptors (Lipinski definition) is 2. The molecule has 2 heterocycles. The summed E-state index contributed by atoms with van der Waals surface area (Å²) in [7, 11) is 1.83. The molecule has 18 heavy (non-hydrogen) atoms. The Bertz CT molecular complexity index is 362. The van der Waals surface area contributed by atoms with Crippen LogP contribution in [0.3, 0.4) is 0 Å². The second-order valence-corrected chi connectivity index (χ2v) is 3.38. The van der Waals surface area contributed by atoms with Crippen LogP contribution in [0, 0.1) is 0 Å². The lowest BCUT2D eigenvalue weighted by molar-refractivity contribution is -0.137. The fourth-order valence-corrected chi connectivity index (χ4v) is 1.58. The van der Waals surface area contributed by atoms with E-state index in [0.29, 0.717) is 17.8 Å². The van der Waals surface area contributed by atoms with Crippen molar-refractivity contribution in [2.24, 2.45) is 0 Å². The van der Waals surface area contributed by atoms with Crippen molar-refractivity contribution in [2.45, 2.75) is 40.3 Å². The number of fused-ring (bicyclic) bond motifs is 1. The van der Waals surface area contributed by atoms with Gasteiger partial charge in [-0.1, -0.05) is 27.7 Å². The predicted octanol–water partition coefficient (Wildman–Crippen LogP) is 4.15. The van der Waals surface area contributed by atoms with E-state index in [4.69, 9.17) is 0 Å². The van der Waals surface area contributed by atoms with Crippen molar-refractivity contribution in [1.29, 1.82) is 0 Å². The Labute approximate surface area is 107 Å². The van der Waals surface area contributed by atoms with Gasteiger partial charge in [0.2, 0.25) is 0 Å². The molecule has 0 radical (unpaired) electrons. The molecular formula is C13H21F3N2. The fourth-order valence-electron chi connectivity index (χ4n) is 1.58. The van der Waals surface area contributed by atoms with Crippen molar-refractivity contribution in [2.75, 3.05) is 18.5 Å². The van der Waals surface area contributed by atoms with Crippen molar-refractivity contribution in [1.82, 2.24) is 4.98 Å². The highest BCUT2D eigenvalue weighted by molar-refractivity contribution is 5.52. The third-order valence-electron chi connectivity index (χ3n) is 2.35. The van der Waals surface area contributed by atoms with Crippen LogP contribution in [0.2, 0.25) is 0 Å². The molecule has 104 valence electrons. The first-order chi connectivity index (χ1) is 8.48. The van der Waals surface area contributed by atoms with Crippen molar-refractivity contribution >= 4 is 5.82 Å². The first-order valence-corrected chi connectivity index (χ1v) is 6.26. The van der Waals surface area contributed by atoms with Crippen molar-refractivity contribution in [3.63, 3.8) is 0 Å². The van der Waals surface area contributed by atoms with Crippen LogP contribution in [0.5, 0.6) is 0 Å². The van der Waals surface area contributed by atoms with E-state index in [2.05, 4.69) is 4.98 Å². The highest BCUT2D eigenvalue weighted by atomic mass is 19.4. The second-order valence-electron chi connectivity index (χ2n) is 3.38. The SMILES string of the molecule is CC.CC.CN1CCc2cc(C(F)(F)F)cnc21. The minimum Gasteiger partial charge on any atom is -0.359 e. The van der Waals surface area contributed by atoms with Crippen molar-refractivity contribution < 1.29 is 13.2 Å². The molecule has 0 unspecified atom stereocenters. The minimum absolute atomic E-state index is 0.642. The van der Waals surface area contributed by atoms with Crippen molar-refractivity contribution in [3.05, 3.63) is 23.4 Å². The Kier molecular flexibility index (Phi) is 6.73. The first kappa shape index (κ1) is 16.7. The quantitative estimate of drug-likeness (QED) is 0.698. The first-order valence-electron chi connectivity index (χ1n) is 6.26. The van der Waals surface area contributed by atoms with E-state index < -0.39 is 11.7 Å². The van der Waals surface area contributed by atoms with Crippen LogP contribution < -0.4 is 4.90 Å². The summed E-state index contributed by atoms with van der Waals surface area (Å²) >= 11 is 0. The molecule has 5 heteroatoms. The van der Waals surface area contributed by atoms with Gasteiger partial charge in [-0.05, 0) is 18.1 Å². The smallest absolute Gasteiger partial charge is 0.359 e. The number of alkyl halides is 3. The van der Waals surface area contributed by atoms with E-state index >= 15 is 0 Å². The van der Waals surface area contributed by atoms with Gasteiger partial charge >= 0.3 is 6.18 Å². The van der Waals surface area contributed by atoms with Crippen LogP contribution in [0.4, 0.5) is 19.0 Å². The molecule has 0 aliphatic carbocycles. The average molecular weight is 262 g/mol. The maximum Gasteiger partial charge on any atom is 0.417 e. The summed E-state index contributed by atoms with van der Waals surface area (Å²) in [6.07, 6.45) is -2.76. The van der Waals surface area contributed by atoms with Gasteiger partial charge in [0, 0.05) is 19.8 Å². The van der Waals surface area contributed by atoms with Crippen LogP contribution >= 0.6 is 0 Å². The van der Waals surface area contributed by atoms with E-state index in [1.807, 2.05) is 39.6 Å². The maximum atomic E-state index is 12.3. The molecule has 0 atom stereocenters. The van der Waals surface area contributed by atoms with Gasteiger partial charge < -0.3 is 4.90 Å². The molecule has 0 N–H and O–H groups in total. The molecule has 1 aliphatic heterocycles. The number of hydrogen-bond donors (Lipinski definition) is 0. The number of pyridine rings is 1. The normalized spacial score (nSPS) is 13.0. The number of likely N-dealkylation sites (N-methyl/N-ethyl adjacent to an activating group) is 1. The molecule has 0 spiro atoms. The van der Waals surface area contributed by atoms with Gasteiger partial charge in [0.25, 0.3) is 0 Å². The summed E-state index contributed by atoms with van der Waals surface area (Å²) in [6, 6.07) is 1.19. The molecule has 0 fully saturated rings. The lowest BCUT2D eigenvalue weighted by Gasteiger charge is -2.11. The molecule has 2 rings (SSSR count). The highest BCUT2D eigenvalue weighted by Crippen LogP contribution is 2.33. The fraction of sp³-hybridized carbons (Fsp3) is 0.615. The molecule has 1 aromatic heterocycles. The largest absolute Gasteiger partial charge is 0.417 e. The van der Waals surface area contributed by atoms with Crippen molar-refractivity contribution in [3.8, 4) is 0 Å². The number of rotatable bonds is 0. The predicted molar refractivity (Wildman–Crippen MR) is 68.9 cm³/mol. The Morgan fingerprint density at radius 2 is 1.72 bits per heavy atom. The van der Waals surface area contributed by atoms with E-state index in [0.717, 1.165) is 12.7 Å². The second kappa shape index (κ2) is 7.24. The van der Waals surface area contributed by atoms with Gasteiger partial charge in [0.15, 0.2) is 0 Å². The lowest BCUT2D eigenvalue weighted by Crippen LogP contribution is -2.14. The summed E-state index contributed by atoms with van der Waals surface area (Å²) < 4.78 is 36.9. The third-order valence-corrected chi connectivity index (χ3v) is 2.35. The van der Waals surface area contributed by atoms with Crippen LogP contribution in [0.1, 0.15) is 38.8 Å². The molecule has 2 nitrogen and oxygen atoms in total. The molecule has 0 bridgehead atoms. The van der Waals surface area contributed by atoms with Gasteiger partial charge in [-0.2, -0.15) is 13.2 Å². The summed E-state index contributed by atoms with van der Waals surface area (Å²) in [5.41, 5.74) is 0.0221. The standard InChI is InChI=1S/C9H9F3N2.2C2H6/c1-14-3-2-6-4-7(9(10,11)12)5-13-8(6)14;2*1-2/h4-5H,2-3H2,1H3;2*1-2H3. The molecule has 0 saturated carbocycles. The maximum absolute atomic E-state index is 12.3. The van der Waals surface area contributed by atoms with Gasteiger partial charge in [-0.3, -0.25) is 0 Å². The topological polar surface area (TPSA) is 16.1 Å². The summed E-state index contributed by atoms with van der Waals surface area (Å²) in [5, 5.41) is 0. The van der Waals surface area contributed by atoms with E-state index in [1.54, 1.807) is 0 Å². The van der Waals surface area contributed by atoms with E-state index in [1.165, 1.54) is 6.07 Å². The monoisotopic (exact) mass is 262 g/mol. The molecule has 0 saturated heterocycles. The van der Waals surface area contributed by atoms with E-state index in [9.17, 15) is 13.2 Å². The number of anilines is 1. The Morgan fingerprint density at radius 1 is 1.17 bits per heavy atom. The molecule has 0 aromatic carbocycles. The Balaban J connectivity index is 0.000000659. The highest BCUT2D eigenvalue weighted by Gasteiger charge is 2.32. The summed E-state index contributed by atoms with van der Waals surface area (Å²) in [6.45, 7) is 8.74. The third kappa shape index (κ3) is 3.89. The van der Waals surface area contributed by atoms with Crippen LogP contribution in [-0.4, -0.2) is 18.6 Å². The molecular weight excluding hydrogens is 241 g/mol. The number of nitrogens with zero attached hydrogens (tertiary/aromatic N) is 2. The van der Waals surface area contributed by atoms with Crippen LogP contribution in [-0.2, 0) is 12.6 Å². The molecule has 0 amide bonds. The molecule has 1 aromatic rings. The van der Waals surface area contributed by atoms with E-state index in [-0.39, 0.29) is 0 Å². The number of halogens is 3. The lowest BCUT2D eigenvalue weighted by atomic mass is 10.1. The van der Waals surface area contributed by atoms with Gasteiger partial charge in [0.05, 0.1) is 5.56 Å². The average Bonchev–Trinajstić information content (AvgIpc) is 2.75. The summed E-state index contributed by atoms with van der Waals surface area (Å²) in [5.74, 6) is 0.665. The Hall–Kier alpha value is -1.26. The zero-order chi connectivity index (χ0) is 14.3. The van der Waals surface area contributed by atoms with Gasteiger partial charge in [-0.25, -0.2) is 4.98 Å². The Morgan fingerprint density at radius 3 is 2.22 bits per heavy atom.